The Morgan fingerprint density at radius 2 is 1.82 bits per heavy atom. The highest BCUT2D eigenvalue weighted by Gasteiger charge is 2.41. The summed E-state index contributed by atoms with van der Waals surface area (Å²) in [6.45, 7) is 0.445. The molecule has 2 atom stereocenters. The van der Waals surface area contributed by atoms with E-state index in [9.17, 15) is 15.0 Å². The van der Waals surface area contributed by atoms with Gasteiger partial charge in [0.25, 0.3) is 0 Å². The molecule has 98 valence electrons. The minimum absolute atomic E-state index is 0.0873. The predicted molar refractivity (Wildman–Crippen MR) is 61.7 cm³/mol. The molecule has 5 heteroatoms. The Bertz CT molecular complexity index is 276. The maximum atomic E-state index is 11.0. The molecule has 0 aromatic carbocycles. The lowest BCUT2D eigenvalue weighted by atomic mass is 9.76. The Labute approximate surface area is 101 Å². The van der Waals surface area contributed by atoms with E-state index in [1.165, 1.54) is 4.90 Å². The molecule has 1 amide bonds. The SMILES string of the molecule is O=C(O)N1CC[C@H]([C@H]2CC[C@@H](O)CC2)[C@@H]1CO. The van der Waals surface area contributed by atoms with Gasteiger partial charge in [0.1, 0.15) is 0 Å². The number of aliphatic hydroxyl groups is 2. The van der Waals surface area contributed by atoms with Crippen LogP contribution in [0.3, 0.4) is 0 Å². The number of hydrogen-bond acceptors (Lipinski definition) is 3. The van der Waals surface area contributed by atoms with Crippen LogP contribution in [0, 0.1) is 11.8 Å². The fourth-order valence-corrected chi connectivity index (χ4v) is 3.43. The largest absolute Gasteiger partial charge is 0.465 e. The van der Waals surface area contributed by atoms with Crippen LogP contribution in [0.1, 0.15) is 32.1 Å². The molecule has 2 rings (SSSR count). The quantitative estimate of drug-likeness (QED) is 0.673. The van der Waals surface area contributed by atoms with Crippen molar-refractivity contribution in [3.8, 4) is 0 Å². The maximum absolute atomic E-state index is 11.0. The first-order chi connectivity index (χ1) is 8.13. The molecule has 2 aliphatic rings. The Kier molecular flexibility index (Phi) is 3.89. The van der Waals surface area contributed by atoms with Crippen LogP contribution in [-0.4, -0.2) is 51.6 Å². The van der Waals surface area contributed by atoms with E-state index in [4.69, 9.17) is 5.11 Å². The molecule has 1 saturated heterocycles. The van der Waals surface area contributed by atoms with Crippen molar-refractivity contribution in [1.29, 1.82) is 0 Å². The number of amides is 1. The molecular weight excluding hydrogens is 222 g/mol. The van der Waals surface area contributed by atoms with Crippen molar-refractivity contribution in [2.75, 3.05) is 13.2 Å². The van der Waals surface area contributed by atoms with Gasteiger partial charge in [-0.25, -0.2) is 4.79 Å². The number of nitrogens with zero attached hydrogens (tertiary/aromatic N) is 1. The first-order valence-corrected chi connectivity index (χ1v) is 6.42. The van der Waals surface area contributed by atoms with Gasteiger partial charge in [0.15, 0.2) is 0 Å². The fourth-order valence-electron chi connectivity index (χ4n) is 3.43. The summed E-state index contributed by atoms with van der Waals surface area (Å²) >= 11 is 0. The molecule has 0 bridgehead atoms. The Hall–Kier alpha value is -0.810. The van der Waals surface area contributed by atoms with E-state index in [1.54, 1.807) is 0 Å². The van der Waals surface area contributed by atoms with E-state index < -0.39 is 6.09 Å². The molecule has 0 radical (unpaired) electrons. The Balaban J connectivity index is 1.99. The molecule has 0 unspecified atom stereocenters. The molecule has 1 heterocycles. The van der Waals surface area contributed by atoms with Crippen LogP contribution in [0.2, 0.25) is 0 Å². The third-order valence-corrected chi connectivity index (χ3v) is 4.38. The summed E-state index contributed by atoms with van der Waals surface area (Å²) in [6, 6.07) is -0.243. The maximum Gasteiger partial charge on any atom is 0.407 e. The minimum atomic E-state index is -0.928. The summed E-state index contributed by atoms with van der Waals surface area (Å²) < 4.78 is 0. The zero-order valence-electron chi connectivity index (χ0n) is 9.96. The number of carbonyl (C=O) groups is 1. The summed E-state index contributed by atoms with van der Waals surface area (Å²) in [4.78, 5) is 12.4. The van der Waals surface area contributed by atoms with Crippen LogP contribution in [0.15, 0.2) is 0 Å². The van der Waals surface area contributed by atoms with E-state index >= 15 is 0 Å². The van der Waals surface area contributed by atoms with E-state index in [-0.39, 0.29) is 24.7 Å². The fraction of sp³-hybridized carbons (Fsp3) is 0.917. The van der Waals surface area contributed by atoms with Crippen molar-refractivity contribution in [2.24, 2.45) is 11.8 Å². The first kappa shape index (κ1) is 12.6. The number of aliphatic hydroxyl groups excluding tert-OH is 2. The van der Waals surface area contributed by atoms with Crippen LogP contribution in [0.5, 0.6) is 0 Å². The number of carboxylic acid groups (broad SMARTS) is 1. The Morgan fingerprint density at radius 3 is 2.35 bits per heavy atom. The van der Waals surface area contributed by atoms with Gasteiger partial charge < -0.3 is 20.2 Å². The molecule has 0 aromatic heterocycles. The molecule has 17 heavy (non-hydrogen) atoms. The van der Waals surface area contributed by atoms with Gasteiger partial charge in [0, 0.05) is 6.54 Å². The molecule has 1 aliphatic carbocycles. The molecule has 3 N–H and O–H groups in total. The predicted octanol–water partition coefficient (Wildman–Crippen LogP) is 0.898. The third kappa shape index (κ3) is 2.55. The van der Waals surface area contributed by atoms with E-state index in [0.717, 1.165) is 32.1 Å². The van der Waals surface area contributed by atoms with Gasteiger partial charge in [-0.1, -0.05) is 0 Å². The molecule has 1 saturated carbocycles. The van der Waals surface area contributed by atoms with Crippen LogP contribution >= 0.6 is 0 Å². The van der Waals surface area contributed by atoms with Crippen molar-refractivity contribution >= 4 is 6.09 Å². The number of hydrogen-bond donors (Lipinski definition) is 3. The van der Waals surface area contributed by atoms with Crippen LogP contribution in [-0.2, 0) is 0 Å². The van der Waals surface area contributed by atoms with Gasteiger partial charge in [-0.15, -0.1) is 0 Å². The van der Waals surface area contributed by atoms with Gasteiger partial charge in [-0.3, -0.25) is 0 Å². The number of rotatable bonds is 2. The lowest BCUT2D eigenvalue weighted by Crippen LogP contribution is -2.42. The zero-order chi connectivity index (χ0) is 12.4. The monoisotopic (exact) mass is 243 g/mol. The summed E-state index contributed by atoms with van der Waals surface area (Å²) in [5.74, 6) is 0.725. The summed E-state index contributed by atoms with van der Waals surface area (Å²) in [5.41, 5.74) is 0. The molecule has 1 aliphatic heterocycles. The normalized spacial score (nSPS) is 38.4. The van der Waals surface area contributed by atoms with Crippen molar-refractivity contribution in [2.45, 2.75) is 44.2 Å². The van der Waals surface area contributed by atoms with E-state index in [0.29, 0.717) is 12.5 Å². The second kappa shape index (κ2) is 5.23. The molecule has 5 nitrogen and oxygen atoms in total. The van der Waals surface area contributed by atoms with Gasteiger partial charge in [-0.2, -0.15) is 0 Å². The first-order valence-electron chi connectivity index (χ1n) is 6.42. The average molecular weight is 243 g/mol. The Morgan fingerprint density at radius 1 is 1.18 bits per heavy atom. The van der Waals surface area contributed by atoms with Crippen molar-refractivity contribution in [3.63, 3.8) is 0 Å². The van der Waals surface area contributed by atoms with Gasteiger partial charge in [0.05, 0.1) is 18.8 Å². The molecule has 0 aromatic rings. The molecule has 2 fully saturated rings. The van der Waals surface area contributed by atoms with Crippen molar-refractivity contribution in [3.05, 3.63) is 0 Å². The van der Waals surface area contributed by atoms with Gasteiger partial charge in [-0.05, 0) is 43.9 Å². The molecule has 0 spiro atoms. The second-order valence-corrected chi connectivity index (χ2v) is 5.25. The smallest absolute Gasteiger partial charge is 0.407 e. The minimum Gasteiger partial charge on any atom is -0.465 e. The lowest BCUT2D eigenvalue weighted by Gasteiger charge is -2.33. The third-order valence-electron chi connectivity index (χ3n) is 4.38. The summed E-state index contributed by atoms with van der Waals surface area (Å²) in [6.07, 6.45) is 3.26. The highest BCUT2D eigenvalue weighted by molar-refractivity contribution is 5.66. The average Bonchev–Trinajstić information content (AvgIpc) is 2.73. The number of likely N-dealkylation sites (tertiary alicyclic amines) is 1. The van der Waals surface area contributed by atoms with Gasteiger partial charge >= 0.3 is 6.09 Å². The topological polar surface area (TPSA) is 81.0 Å². The van der Waals surface area contributed by atoms with E-state index in [2.05, 4.69) is 0 Å². The van der Waals surface area contributed by atoms with Gasteiger partial charge in [0.2, 0.25) is 0 Å². The van der Waals surface area contributed by atoms with Crippen LogP contribution < -0.4 is 0 Å². The lowest BCUT2D eigenvalue weighted by molar-refractivity contribution is 0.0627. The van der Waals surface area contributed by atoms with Crippen molar-refractivity contribution in [1.82, 2.24) is 4.90 Å². The summed E-state index contributed by atoms with van der Waals surface area (Å²) in [7, 11) is 0. The van der Waals surface area contributed by atoms with Crippen LogP contribution in [0.25, 0.3) is 0 Å². The van der Waals surface area contributed by atoms with Crippen molar-refractivity contribution < 1.29 is 20.1 Å². The summed E-state index contributed by atoms with van der Waals surface area (Å²) in [5, 5.41) is 27.9. The standard InChI is InChI=1S/C12H21NO4/c14-7-11-10(5-6-13(11)12(16)17)8-1-3-9(15)4-2-8/h8-11,14-15H,1-7H2,(H,16,17)/t8-,9+,10-,11+/m1/s1. The van der Waals surface area contributed by atoms with E-state index in [1.807, 2.05) is 0 Å². The zero-order valence-corrected chi connectivity index (χ0v) is 9.96. The second-order valence-electron chi connectivity index (χ2n) is 5.25. The highest BCUT2D eigenvalue weighted by Crippen LogP contribution is 2.38. The van der Waals surface area contributed by atoms with Crippen LogP contribution in [0.4, 0.5) is 4.79 Å². The highest BCUT2D eigenvalue weighted by atomic mass is 16.4. The molecular formula is C12H21NO4.